The van der Waals surface area contributed by atoms with Gasteiger partial charge in [0.1, 0.15) is 5.54 Å². The number of hydrogen-bond donors (Lipinski definition) is 3. The van der Waals surface area contributed by atoms with Crippen LogP contribution < -0.4 is 15.5 Å². The zero-order valence-electron chi connectivity index (χ0n) is 28.5. The van der Waals surface area contributed by atoms with Crippen molar-refractivity contribution in [2.75, 3.05) is 31.2 Å². The number of anilines is 1. The van der Waals surface area contributed by atoms with Crippen molar-refractivity contribution < 1.29 is 24.2 Å². The summed E-state index contributed by atoms with van der Waals surface area (Å²) in [6.45, 7) is 2.99. The third-order valence-corrected chi connectivity index (χ3v) is 10.8. The smallest absolute Gasteiger partial charge is 0.272 e. The van der Waals surface area contributed by atoms with Crippen molar-refractivity contribution >= 4 is 52.3 Å². The lowest BCUT2D eigenvalue weighted by Gasteiger charge is -2.45. The van der Waals surface area contributed by atoms with Gasteiger partial charge in [-0.3, -0.25) is 9.59 Å². The Labute approximate surface area is 318 Å². The number of para-hydroxylation sites is 1. The molecule has 3 atom stereocenters. The molecular formula is C40H41Cl3N4O5. The van der Waals surface area contributed by atoms with Crippen molar-refractivity contribution in [3.05, 3.63) is 125 Å². The van der Waals surface area contributed by atoms with E-state index in [4.69, 9.17) is 44.3 Å². The van der Waals surface area contributed by atoms with Crippen molar-refractivity contribution in [2.45, 2.75) is 60.2 Å². The lowest BCUT2D eigenvalue weighted by molar-refractivity contribution is -0.253. The fraction of sp³-hybridized carbons (Fsp3) is 0.350. The van der Waals surface area contributed by atoms with Crippen LogP contribution >= 0.6 is 34.8 Å². The van der Waals surface area contributed by atoms with Crippen LogP contribution in [0.1, 0.15) is 53.9 Å². The van der Waals surface area contributed by atoms with Crippen LogP contribution in [0.5, 0.6) is 0 Å². The fourth-order valence-corrected chi connectivity index (χ4v) is 7.64. The number of hydrogen-bond acceptors (Lipinski definition) is 7. The topological polar surface area (TPSA) is 103 Å². The number of benzene rings is 4. The molecule has 3 aliphatic rings. The van der Waals surface area contributed by atoms with Crippen LogP contribution in [-0.4, -0.2) is 63.6 Å². The van der Waals surface area contributed by atoms with Crippen LogP contribution in [-0.2, 0) is 32.2 Å². The summed E-state index contributed by atoms with van der Waals surface area (Å²) in [5.74, 6) is -0.576. The van der Waals surface area contributed by atoms with Gasteiger partial charge in [-0.15, -0.1) is 0 Å². The molecule has 3 heterocycles. The Kier molecular flexibility index (Phi) is 11.1. The van der Waals surface area contributed by atoms with Crippen molar-refractivity contribution in [3.8, 4) is 11.1 Å². The molecular weight excluding hydrogens is 723 g/mol. The summed E-state index contributed by atoms with van der Waals surface area (Å²) in [6.07, 6.45) is 1.22. The minimum atomic E-state index is -2.02. The number of alkyl halides is 3. The molecule has 3 aliphatic heterocycles. The lowest BCUT2D eigenvalue weighted by atomic mass is 9.85. The van der Waals surface area contributed by atoms with E-state index < -0.39 is 21.5 Å². The molecule has 1 spiro atoms. The molecule has 7 rings (SSSR count). The molecule has 4 aromatic carbocycles. The van der Waals surface area contributed by atoms with Gasteiger partial charge < -0.3 is 35.0 Å². The number of aliphatic hydroxyl groups is 1. The molecule has 3 unspecified atom stereocenters. The standard InChI is InChI=1S/C40H41Cl3N4O5/c41-40(42,43)38(50)44-23-28-5-4-6-32(21-28)29-13-15-31(16-14-29)36-51-34(22-35(52-36)30-11-9-27(25-48)10-12-30)24-46-19-17-39(18-20-46)37(49)45-26-47(39)33-7-2-1-3-8-33/h1-16,21,34-36,48H,17-20,22-26H2,(H,44,50)(H,45,49). The van der Waals surface area contributed by atoms with E-state index in [-0.39, 0.29) is 31.3 Å². The number of halogens is 3. The number of rotatable bonds is 9. The normalized spacial score (nSPS) is 22.0. The van der Waals surface area contributed by atoms with Crippen molar-refractivity contribution in [1.29, 1.82) is 0 Å². The average Bonchev–Trinajstić information content (AvgIpc) is 3.49. The van der Waals surface area contributed by atoms with Crippen LogP contribution in [0.3, 0.4) is 0 Å². The molecule has 0 bridgehead atoms. The number of piperidine rings is 1. The highest BCUT2D eigenvalue weighted by atomic mass is 35.6. The van der Waals surface area contributed by atoms with E-state index in [9.17, 15) is 14.7 Å². The average molecular weight is 764 g/mol. The van der Waals surface area contributed by atoms with E-state index in [1.54, 1.807) is 0 Å². The summed E-state index contributed by atoms with van der Waals surface area (Å²) in [6, 6.07) is 34.0. The zero-order valence-corrected chi connectivity index (χ0v) is 30.8. The lowest BCUT2D eigenvalue weighted by Crippen LogP contribution is -2.57. The number of likely N-dealkylation sites (tertiary alicyclic amines) is 1. The molecule has 0 radical (unpaired) electrons. The monoisotopic (exact) mass is 762 g/mol. The largest absolute Gasteiger partial charge is 0.392 e. The van der Waals surface area contributed by atoms with E-state index in [0.29, 0.717) is 19.6 Å². The Morgan fingerprint density at radius 2 is 1.58 bits per heavy atom. The van der Waals surface area contributed by atoms with Crippen LogP contribution in [0.4, 0.5) is 5.69 Å². The van der Waals surface area contributed by atoms with Crippen molar-refractivity contribution in [1.82, 2.24) is 15.5 Å². The van der Waals surface area contributed by atoms with E-state index in [0.717, 1.165) is 65.0 Å². The van der Waals surface area contributed by atoms with Crippen molar-refractivity contribution in [2.24, 2.45) is 0 Å². The van der Waals surface area contributed by atoms with Gasteiger partial charge in [0.15, 0.2) is 6.29 Å². The SMILES string of the molecule is O=C(NCc1cccc(-c2ccc(C3OC(CN4CCC5(CC4)C(=O)NCN5c4ccccc4)CC(c4ccc(CO)cc4)O3)cc2)c1)C(Cl)(Cl)Cl. The molecule has 2 amide bonds. The highest BCUT2D eigenvalue weighted by molar-refractivity contribution is 6.76. The van der Waals surface area contributed by atoms with Crippen LogP contribution in [0.15, 0.2) is 103 Å². The minimum Gasteiger partial charge on any atom is -0.392 e. The number of aliphatic hydroxyl groups excluding tert-OH is 1. The molecule has 272 valence electrons. The molecule has 3 N–H and O–H groups in total. The Balaban J connectivity index is 1.05. The second kappa shape index (κ2) is 15.7. The summed E-state index contributed by atoms with van der Waals surface area (Å²) >= 11 is 17.1. The first kappa shape index (κ1) is 36.7. The summed E-state index contributed by atoms with van der Waals surface area (Å²) in [7, 11) is 0. The Morgan fingerprint density at radius 1 is 0.865 bits per heavy atom. The number of carbonyl (C=O) groups is 2. The van der Waals surface area contributed by atoms with Crippen LogP contribution in [0, 0.1) is 0 Å². The van der Waals surface area contributed by atoms with E-state index in [2.05, 4.69) is 32.6 Å². The van der Waals surface area contributed by atoms with Gasteiger partial charge in [0.25, 0.3) is 9.70 Å². The number of nitrogens with one attached hydrogen (secondary N) is 2. The van der Waals surface area contributed by atoms with Gasteiger partial charge in [-0.05, 0) is 58.9 Å². The molecule has 52 heavy (non-hydrogen) atoms. The molecule has 0 aromatic heterocycles. The number of ether oxygens (including phenoxy) is 2. The molecule has 4 aromatic rings. The second-order valence-corrected chi connectivity index (χ2v) is 15.9. The Bertz CT molecular complexity index is 1850. The summed E-state index contributed by atoms with van der Waals surface area (Å²) in [4.78, 5) is 29.9. The van der Waals surface area contributed by atoms with Gasteiger partial charge in [-0.1, -0.05) is 120 Å². The van der Waals surface area contributed by atoms with Gasteiger partial charge in [-0.2, -0.15) is 0 Å². The third kappa shape index (κ3) is 8.11. The maximum Gasteiger partial charge on any atom is 0.272 e. The second-order valence-electron chi connectivity index (χ2n) is 13.6. The highest BCUT2D eigenvalue weighted by Crippen LogP contribution is 2.40. The predicted molar refractivity (Wildman–Crippen MR) is 203 cm³/mol. The Morgan fingerprint density at radius 3 is 2.27 bits per heavy atom. The van der Waals surface area contributed by atoms with E-state index in [1.165, 1.54) is 0 Å². The first-order chi connectivity index (χ1) is 25.1. The highest BCUT2D eigenvalue weighted by Gasteiger charge is 2.50. The van der Waals surface area contributed by atoms with E-state index >= 15 is 0 Å². The molecule has 3 fully saturated rings. The maximum absolute atomic E-state index is 13.2. The molecule has 0 aliphatic carbocycles. The Hall–Kier alpha value is -3.67. The summed E-state index contributed by atoms with van der Waals surface area (Å²) in [5, 5.41) is 15.4. The predicted octanol–water partition coefficient (Wildman–Crippen LogP) is 6.81. The maximum atomic E-state index is 13.2. The molecule has 9 nitrogen and oxygen atoms in total. The first-order valence-corrected chi connectivity index (χ1v) is 18.6. The summed E-state index contributed by atoms with van der Waals surface area (Å²) in [5.41, 5.74) is 6.12. The number of carbonyl (C=O) groups excluding carboxylic acids is 2. The molecule has 3 saturated heterocycles. The van der Waals surface area contributed by atoms with Crippen LogP contribution in [0.2, 0.25) is 0 Å². The number of nitrogens with zero attached hydrogens (tertiary/aromatic N) is 2. The van der Waals surface area contributed by atoms with Gasteiger partial charge in [0, 0.05) is 43.9 Å². The van der Waals surface area contributed by atoms with E-state index in [1.807, 2.05) is 91.0 Å². The fourth-order valence-electron chi connectivity index (χ4n) is 7.44. The minimum absolute atomic E-state index is 0.0187. The van der Waals surface area contributed by atoms with Gasteiger partial charge in [0.05, 0.1) is 25.5 Å². The molecule has 0 saturated carbocycles. The van der Waals surface area contributed by atoms with Gasteiger partial charge in [0.2, 0.25) is 5.91 Å². The zero-order chi connectivity index (χ0) is 36.3. The molecule has 12 heteroatoms. The number of amides is 2. The van der Waals surface area contributed by atoms with Crippen molar-refractivity contribution in [3.63, 3.8) is 0 Å². The summed E-state index contributed by atoms with van der Waals surface area (Å²) < 4.78 is 11.3. The first-order valence-electron chi connectivity index (χ1n) is 17.5. The van der Waals surface area contributed by atoms with Crippen LogP contribution in [0.25, 0.3) is 11.1 Å². The quantitative estimate of drug-likeness (QED) is 0.161. The van der Waals surface area contributed by atoms with Gasteiger partial charge >= 0.3 is 0 Å². The van der Waals surface area contributed by atoms with Gasteiger partial charge in [-0.25, -0.2) is 0 Å². The third-order valence-electron chi connectivity index (χ3n) is 10.3.